The molecule has 2 heterocycles. The van der Waals surface area contributed by atoms with E-state index in [4.69, 9.17) is 0 Å². The summed E-state index contributed by atoms with van der Waals surface area (Å²) < 4.78 is 28.3. The third-order valence-corrected chi connectivity index (χ3v) is 4.99. The number of rotatable bonds is 6. The van der Waals surface area contributed by atoms with E-state index in [0.29, 0.717) is 0 Å². The van der Waals surface area contributed by atoms with E-state index in [1.165, 1.54) is 0 Å². The van der Waals surface area contributed by atoms with Crippen molar-refractivity contribution in [1.82, 2.24) is 14.1 Å². The summed E-state index contributed by atoms with van der Waals surface area (Å²) in [6.07, 6.45) is 4.62. The molecule has 1 N–H and O–H groups in total. The number of nitrogens with zero attached hydrogens (tertiary/aromatic N) is 2. The molecule has 5 nitrogen and oxygen atoms in total. The number of aryl methyl sites for hydroxylation is 1. The predicted molar refractivity (Wildman–Crippen MR) is 80.0 cm³/mol. The zero-order chi connectivity index (χ0) is 14.8. The van der Waals surface area contributed by atoms with Gasteiger partial charge >= 0.3 is 0 Å². The molecule has 0 bridgehead atoms. The Morgan fingerprint density at radius 1 is 1.45 bits per heavy atom. The SMILES string of the molecule is CCC(C)CS(=O)(=O)NCc1cn2cccc(C)c2n1. The van der Waals surface area contributed by atoms with Crippen molar-refractivity contribution in [2.75, 3.05) is 5.75 Å². The molecule has 1 atom stereocenters. The van der Waals surface area contributed by atoms with Crippen LogP contribution in [0.1, 0.15) is 31.5 Å². The van der Waals surface area contributed by atoms with Gasteiger partial charge in [0.15, 0.2) is 0 Å². The maximum atomic E-state index is 11.9. The minimum atomic E-state index is -3.24. The van der Waals surface area contributed by atoms with Gasteiger partial charge in [0, 0.05) is 12.4 Å². The summed E-state index contributed by atoms with van der Waals surface area (Å²) in [5.74, 6) is 0.325. The lowest BCUT2D eigenvalue weighted by Gasteiger charge is -2.09. The van der Waals surface area contributed by atoms with Crippen LogP contribution in [-0.4, -0.2) is 23.6 Å². The number of sulfonamides is 1. The van der Waals surface area contributed by atoms with Crippen molar-refractivity contribution in [3.8, 4) is 0 Å². The van der Waals surface area contributed by atoms with Crippen LogP contribution in [0.2, 0.25) is 0 Å². The molecule has 0 saturated carbocycles. The standard InChI is InChI=1S/C14H21N3O2S/c1-4-11(2)10-20(18,19)15-8-13-9-17-7-5-6-12(3)14(17)16-13/h5-7,9,11,15H,4,8,10H2,1-3H3. The molecule has 110 valence electrons. The highest BCUT2D eigenvalue weighted by Crippen LogP contribution is 2.10. The van der Waals surface area contributed by atoms with Gasteiger partial charge in [0.25, 0.3) is 0 Å². The van der Waals surface area contributed by atoms with E-state index in [2.05, 4.69) is 9.71 Å². The molecule has 0 amide bonds. The Morgan fingerprint density at radius 2 is 2.20 bits per heavy atom. The Balaban J connectivity index is 2.08. The summed E-state index contributed by atoms with van der Waals surface area (Å²) in [5, 5.41) is 0. The molecule has 20 heavy (non-hydrogen) atoms. The fraction of sp³-hybridized carbons (Fsp3) is 0.500. The van der Waals surface area contributed by atoms with Crippen LogP contribution in [0.5, 0.6) is 0 Å². The van der Waals surface area contributed by atoms with Gasteiger partial charge in [-0.15, -0.1) is 0 Å². The van der Waals surface area contributed by atoms with E-state index >= 15 is 0 Å². The van der Waals surface area contributed by atoms with Crippen LogP contribution < -0.4 is 4.72 Å². The molecule has 6 heteroatoms. The van der Waals surface area contributed by atoms with Crippen molar-refractivity contribution in [3.63, 3.8) is 0 Å². The second-order valence-electron chi connectivity index (χ2n) is 5.27. The molecule has 0 aliphatic carbocycles. The Labute approximate surface area is 120 Å². The van der Waals surface area contributed by atoms with Crippen LogP contribution in [0, 0.1) is 12.8 Å². The van der Waals surface area contributed by atoms with Crippen LogP contribution >= 0.6 is 0 Å². The Bertz CT molecular complexity index is 692. The number of fused-ring (bicyclic) bond motifs is 1. The van der Waals surface area contributed by atoms with Crippen molar-refractivity contribution in [3.05, 3.63) is 35.8 Å². The first-order valence-electron chi connectivity index (χ1n) is 6.82. The highest BCUT2D eigenvalue weighted by Gasteiger charge is 2.15. The summed E-state index contributed by atoms with van der Waals surface area (Å²) in [6.45, 7) is 6.15. The Kier molecular flexibility index (Phi) is 4.45. The topological polar surface area (TPSA) is 63.5 Å². The van der Waals surface area contributed by atoms with E-state index in [9.17, 15) is 8.42 Å². The average Bonchev–Trinajstić information content (AvgIpc) is 2.80. The summed E-state index contributed by atoms with van der Waals surface area (Å²) in [6, 6.07) is 3.93. The van der Waals surface area contributed by atoms with Crippen molar-refractivity contribution >= 4 is 15.7 Å². The van der Waals surface area contributed by atoms with E-state index in [1.807, 2.05) is 49.7 Å². The fourth-order valence-electron chi connectivity index (χ4n) is 2.02. The Morgan fingerprint density at radius 3 is 2.85 bits per heavy atom. The molecular weight excluding hydrogens is 274 g/mol. The second kappa shape index (κ2) is 5.93. The summed E-state index contributed by atoms with van der Waals surface area (Å²) in [4.78, 5) is 4.45. The van der Waals surface area contributed by atoms with Crippen LogP contribution in [0.3, 0.4) is 0 Å². The second-order valence-corrected chi connectivity index (χ2v) is 7.12. The average molecular weight is 295 g/mol. The first kappa shape index (κ1) is 15.0. The van der Waals surface area contributed by atoms with Gasteiger partial charge in [-0.25, -0.2) is 18.1 Å². The first-order chi connectivity index (χ1) is 9.41. The van der Waals surface area contributed by atoms with E-state index in [-0.39, 0.29) is 18.2 Å². The van der Waals surface area contributed by atoms with Gasteiger partial charge in [-0.1, -0.05) is 26.3 Å². The van der Waals surface area contributed by atoms with Crippen molar-refractivity contribution in [2.24, 2.45) is 5.92 Å². The molecule has 0 fully saturated rings. The summed E-state index contributed by atoms with van der Waals surface area (Å²) in [5.41, 5.74) is 2.66. The minimum absolute atomic E-state index is 0.163. The van der Waals surface area contributed by atoms with Crippen molar-refractivity contribution in [2.45, 2.75) is 33.7 Å². The monoisotopic (exact) mass is 295 g/mol. The molecule has 1 unspecified atom stereocenters. The maximum absolute atomic E-state index is 11.9. The number of aromatic nitrogens is 2. The van der Waals surface area contributed by atoms with Crippen LogP contribution in [0.4, 0.5) is 0 Å². The van der Waals surface area contributed by atoms with Gasteiger partial charge in [-0.2, -0.15) is 0 Å². The number of pyridine rings is 1. The van der Waals surface area contributed by atoms with Crippen molar-refractivity contribution in [1.29, 1.82) is 0 Å². The third-order valence-electron chi connectivity index (χ3n) is 3.40. The normalized spacial score (nSPS) is 13.8. The lowest BCUT2D eigenvalue weighted by Crippen LogP contribution is -2.28. The molecule has 0 spiro atoms. The molecule has 2 aromatic rings. The van der Waals surface area contributed by atoms with Crippen molar-refractivity contribution < 1.29 is 8.42 Å². The van der Waals surface area contributed by atoms with E-state index in [0.717, 1.165) is 23.3 Å². The van der Waals surface area contributed by atoms with Crippen LogP contribution in [0.25, 0.3) is 5.65 Å². The quantitative estimate of drug-likeness (QED) is 0.887. The molecule has 0 radical (unpaired) electrons. The van der Waals surface area contributed by atoms with Crippen LogP contribution in [0.15, 0.2) is 24.5 Å². The van der Waals surface area contributed by atoms with Gasteiger partial charge in [0.2, 0.25) is 10.0 Å². The molecular formula is C14H21N3O2S. The number of hydrogen-bond donors (Lipinski definition) is 1. The van der Waals surface area contributed by atoms with Gasteiger partial charge in [-0.3, -0.25) is 0 Å². The predicted octanol–water partition coefficient (Wildman–Crippen LogP) is 2.11. The van der Waals surface area contributed by atoms with E-state index < -0.39 is 10.0 Å². The summed E-state index contributed by atoms with van der Waals surface area (Å²) in [7, 11) is -3.24. The highest BCUT2D eigenvalue weighted by atomic mass is 32.2. The van der Waals surface area contributed by atoms with E-state index in [1.54, 1.807) is 0 Å². The lowest BCUT2D eigenvalue weighted by molar-refractivity contribution is 0.551. The van der Waals surface area contributed by atoms with Gasteiger partial charge in [-0.05, 0) is 24.5 Å². The molecule has 0 aliphatic rings. The minimum Gasteiger partial charge on any atom is -0.307 e. The number of hydrogen-bond acceptors (Lipinski definition) is 3. The molecule has 2 rings (SSSR count). The van der Waals surface area contributed by atoms with Gasteiger partial charge < -0.3 is 4.40 Å². The smallest absolute Gasteiger partial charge is 0.212 e. The highest BCUT2D eigenvalue weighted by molar-refractivity contribution is 7.89. The van der Waals surface area contributed by atoms with Crippen LogP contribution in [-0.2, 0) is 16.6 Å². The number of imidazole rings is 1. The van der Waals surface area contributed by atoms with Gasteiger partial charge in [0.05, 0.1) is 18.0 Å². The van der Waals surface area contributed by atoms with Gasteiger partial charge in [0.1, 0.15) is 5.65 Å². The largest absolute Gasteiger partial charge is 0.307 e. The lowest BCUT2D eigenvalue weighted by atomic mass is 10.2. The zero-order valence-electron chi connectivity index (χ0n) is 12.1. The Hall–Kier alpha value is -1.40. The zero-order valence-corrected chi connectivity index (χ0v) is 12.9. The summed E-state index contributed by atoms with van der Waals surface area (Å²) >= 11 is 0. The maximum Gasteiger partial charge on any atom is 0.212 e. The molecule has 0 aliphatic heterocycles. The fourth-order valence-corrected chi connectivity index (χ4v) is 3.50. The molecule has 0 aromatic carbocycles. The number of nitrogens with one attached hydrogen (secondary N) is 1. The molecule has 0 saturated heterocycles. The first-order valence-corrected chi connectivity index (χ1v) is 8.47. The molecule has 2 aromatic heterocycles. The third kappa shape index (κ3) is 3.58.